The van der Waals surface area contributed by atoms with E-state index in [9.17, 15) is 19.5 Å². The van der Waals surface area contributed by atoms with Crippen LogP contribution >= 0.6 is 0 Å². The van der Waals surface area contributed by atoms with Crippen LogP contribution in [0.5, 0.6) is 0 Å². The Kier molecular flexibility index (Phi) is 5.32. The predicted molar refractivity (Wildman–Crippen MR) is 108 cm³/mol. The number of aliphatic hydroxyl groups is 1. The van der Waals surface area contributed by atoms with Crippen molar-refractivity contribution in [1.82, 2.24) is 4.90 Å². The number of hydrogen-bond donors (Lipinski definition) is 2. The summed E-state index contributed by atoms with van der Waals surface area (Å²) in [5.41, 5.74) is 1.45. The highest BCUT2D eigenvalue weighted by atomic mass is 16.6. The van der Waals surface area contributed by atoms with Gasteiger partial charge in [0.2, 0.25) is 11.8 Å². The molecule has 1 aromatic rings. The number of aryl methyl sites for hydroxylation is 2. The maximum absolute atomic E-state index is 13.5. The minimum atomic E-state index is -1.07. The fourth-order valence-electron chi connectivity index (χ4n) is 5.51. The van der Waals surface area contributed by atoms with Crippen LogP contribution in [0.1, 0.15) is 30.9 Å². The van der Waals surface area contributed by atoms with E-state index in [1.807, 2.05) is 32.0 Å². The molecule has 1 spiro atoms. The Morgan fingerprint density at radius 2 is 2.03 bits per heavy atom. The van der Waals surface area contributed by atoms with E-state index in [0.29, 0.717) is 18.5 Å². The van der Waals surface area contributed by atoms with Crippen molar-refractivity contribution in [2.24, 2.45) is 11.8 Å². The Morgan fingerprint density at radius 1 is 1.33 bits per heavy atom. The third kappa shape index (κ3) is 2.93. The summed E-state index contributed by atoms with van der Waals surface area (Å²) in [6.07, 6.45) is 0.675. The molecule has 0 aromatic heterocycles. The number of carbonyl (C=O) groups is 3. The van der Waals surface area contributed by atoms with Crippen LogP contribution in [0, 0.1) is 25.7 Å². The topological polar surface area (TPSA) is 105 Å². The Bertz CT molecular complexity index is 866. The monoisotopic (exact) mass is 416 g/mol. The molecule has 8 heteroatoms. The second-order valence-electron chi connectivity index (χ2n) is 8.32. The Morgan fingerprint density at radius 3 is 2.67 bits per heavy atom. The number of fused-ring (bicyclic) bond motifs is 1. The molecule has 2 N–H and O–H groups in total. The largest absolute Gasteiger partial charge is 0.466 e. The molecule has 4 rings (SSSR count). The number of nitrogens with zero attached hydrogens (tertiary/aromatic N) is 1. The Labute approximate surface area is 175 Å². The minimum absolute atomic E-state index is 0.00545. The molecule has 162 valence electrons. The number of likely N-dealkylation sites (tertiary alicyclic amines) is 1. The van der Waals surface area contributed by atoms with Gasteiger partial charge in [0.1, 0.15) is 11.6 Å². The van der Waals surface area contributed by atoms with Crippen LogP contribution in [0.15, 0.2) is 18.2 Å². The number of benzene rings is 1. The molecule has 5 atom stereocenters. The third-order valence-corrected chi connectivity index (χ3v) is 6.68. The van der Waals surface area contributed by atoms with Gasteiger partial charge in [-0.2, -0.15) is 0 Å². The molecule has 8 nitrogen and oxygen atoms in total. The van der Waals surface area contributed by atoms with Crippen molar-refractivity contribution in [2.75, 3.05) is 25.1 Å². The third-order valence-electron chi connectivity index (χ3n) is 6.68. The average Bonchev–Trinajstić information content (AvgIpc) is 3.33. The summed E-state index contributed by atoms with van der Waals surface area (Å²) in [7, 11) is 0. The van der Waals surface area contributed by atoms with Gasteiger partial charge in [0, 0.05) is 12.2 Å². The van der Waals surface area contributed by atoms with E-state index in [2.05, 4.69) is 5.32 Å². The molecular weight excluding hydrogens is 388 g/mol. The average molecular weight is 416 g/mol. The van der Waals surface area contributed by atoms with Crippen LogP contribution in [0.3, 0.4) is 0 Å². The quantitative estimate of drug-likeness (QED) is 0.675. The van der Waals surface area contributed by atoms with Gasteiger partial charge in [0.15, 0.2) is 0 Å². The summed E-state index contributed by atoms with van der Waals surface area (Å²) < 4.78 is 11.4. The van der Waals surface area contributed by atoms with E-state index in [1.54, 1.807) is 6.92 Å². The zero-order valence-corrected chi connectivity index (χ0v) is 17.5. The van der Waals surface area contributed by atoms with Crippen LogP contribution in [0.2, 0.25) is 0 Å². The second-order valence-corrected chi connectivity index (χ2v) is 8.32. The fraction of sp³-hybridized carbons (Fsp3) is 0.591. The zero-order chi connectivity index (χ0) is 21.6. The van der Waals surface area contributed by atoms with Crippen molar-refractivity contribution in [3.8, 4) is 0 Å². The number of β-amino-alcohol motifs (C(OH)–C–C–N with tert-alkyl or cyclic N) is 1. The number of para-hydroxylation sites is 1. The maximum atomic E-state index is 13.5. The van der Waals surface area contributed by atoms with Gasteiger partial charge in [-0.05, 0) is 44.7 Å². The maximum Gasteiger partial charge on any atom is 0.312 e. The number of carbonyl (C=O) groups excluding carboxylic acids is 3. The molecule has 30 heavy (non-hydrogen) atoms. The fourth-order valence-corrected chi connectivity index (χ4v) is 5.51. The van der Waals surface area contributed by atoms with E-state index in [-0.39, 0.29) is 31.6 Å². The minimum Gasteiger partial charge on any atom is -0.466 e. The van der Waals surface area contributed by atoms with Crippen molar-refractivity contribution in [2.45, 2.75) is 51.4 Å². The molecule has 0 saturated carbocycles. The molecule has 1 aromatic carbocycles. The van der Waals surface area contributed by atoms with Crippen LogP contribution in [-0.2, 0) is 23.9 Å². The summed E-state index contributed by atoms with van der Waals surface area (Å²) in [5.74, 6) is -2.63. The van der Waals surface area contributed by atoms with E-state index >= 15 is 0 Å². The van der Waals surface area contributed by atoms with Gasteiger partial charge in [0.05, 0.1) is 31.2 Å². The number of amides is 2. The molecule has 3 saturated heterocycles. The molecule has 3 heterocycles. The first-order valence-electron chi connectivity index (χ1n) is 10.5. The van der Waals surface area contributed by atoms with Crippen LogP contribution in [-0.4, -0.2) is 65.3 Å². The van der Waals surface area contributed by atoms with Gasteiger partial charge < -0.3 is 24.8 Å². The molecule has 3 aliphatic rings. The second kappa shape index (κ2) is 7.67. The predicted octanol–water partition coefficient (Wildman–Crippen LogP) is 1.17. The standard InChI is InChI=1S/C22H28N2O6/c1-4-29-21(28)15-14-8-9-22(30-14)16(15)20(27)24(10-11-25)18(22)19(26)23-17-12(2)6-5-7-13(17)3/h5-7,14-16,18,25H,4,8-11H2,1-3H3,(H,23,26)/t14-,15+,16+,18?,22?/m1/s1. The number of ether oxygens (including phenoxy) is 2. The molecule has 0 aliphatic carbocycles. The lowest BCUT2D eigenvalue weighted by atomic mass is 9.70. The van der Waals surface area contributed by atoms with E-state index in [1.165, 1.54) is 4.90 Å². The van der Waals surface area contributed by atoms with Gasteiger partial charge in [0.25, 0.3) is 0 Å². The summed E-state index contributed by atoms with van der Waals surface area (Å²) in [5, 5.41) is 12.5. The van der Waals surface area contributed by atoms with Gasteiger partial charge in [-0.15, -0.1) is 0 Å². The summed E-state index contributed by atoms with van der Waals surface area (Å²) >= 11 is 0. The van der Waals surface area contributed by atoms with Crippen LogP contribution in [0.4, 0.5) is 5.69 Å². The van der Waals surface area contributed by atoms with Gasteiger partial charge in [-0.1, -0.05) is 18.2 Å². The Hall–Kier alpha value is -2.45. The van der Waals surface area contributed by atoms with E-state index < -0.39 is 35.6 Å². The number of esters is 1. The number of nitrogens with one attached hydrogen (secondary N) is 1. The van der Waals surface area contributed by atoms with Crippen molar-refractivity contribution in [3.05, 3.63) is 29.3 Å². The van der Waals surface area contributed by atoms with E-state index in [4.69, 9.17) is 9.47 Å². The molecule has 3 fully saturated rings. The SMILES string of the molecule is CCOC(=O)[C@@H]1[C@H]2C(=O)N(CCO)C(C(=O)Nc3c(C)cccc3C)C23CC[C@H]1O3. The zero-order valence-electron chi connectivity index (χ0n) is 17.5. The molecule has 2 unspecified atom stereocenters. The smallest absolute Gasteiger partial charge is 0.312 e. The van der Waals surface area contributed by atoms with Crippen LogP contribution in [0.25, 0.3) is 0 Å². The molecular formula is C22H28N2O6. The van der Waals surface area contributed by atoms with Gasteiger partial charge in [-0.25, -0.2) is 0 Å². The number of rotatable bonds is 6. The van der Waals surface area contributed by atoms with E-state index in [0.717, 1.165) is 11.1 Å². The summed E-state index contributed by atoms with van der Waals surface area (Å²) in [4.78, 5) is 40.8. The first-order chi connectivity index (χ1) is 14.4. The Balaban J connectivity index is 1.71. The van der Waals surface area contributed by atoms with Gasteiger partial charge >= 0.3 is 5.97 Å². The highest BCUT2D eigenvalue weighted by Gasteiger charge is 2.74. The van der Waals surface area contributed by atoms with Gasteiger partial charge in [-0.3, -0.25) is 14.4 Å². The van der Waals surface area contributed by atoms with Crippen molar-refractivity contribution in [1.29, 1.82) is 0 Å². The first kappa shape index (κ1) is 20.8. The highest BCUT2D eigenvalue weighted by Crippen LogP contribution is 2.58. The number of hydrogen-bond acceptors (Lipinski definition) is 6. The van der Waals surface area contributed by atoms with Crippen molar-refractivity contribution >= 4 is 23.5 Å². The molecule has 0 radical (unpaired) electrons. The molecule has 3 aliphatic heterocycles. The summed E-state index contributed by atoms with van der Waals surface area (Å²) in [6.45, 7) is 5.47. The van der Waals surface area contributed by atoms with Crippen molar-refractivity contribution in [3.63, 3.8) is 0 Å². The lowest BCUT2D eigenvalue weighted by Crippen LogP contribution is -2.53. The molecule has 2 amide bonds. The van der Waals surface area contributed by atoms with Crippen molar-refractivity contribution < 1.29 is 29.0 Å². The lowest BCUT2D eigenvalue weighted by Gasteiger charge is -2.33. The number of aliphatic hydroxyl groups excluding tert-OH is 1. The number of anilines is 1. The normalized spacial score (nSPS) is 31.7. The summed E-state index contributed by atoms with van der Waals surface area (Å²) in [6, 6.07) is 4.82. The highest BCUT2D eigenvalue weighted by molar-refractivity contribution is 6.03. The lowest BCUT2D eigenvalue weighted by molar-refractivity contribution is -0.154. The van der Waals surface area contributed by atoms with Crippen LogP contribution < -0.4 is 5.32 Å². The molecule has 2 bridgehead atoms. The first-order valence-corrected chi connectivity index (χ1v) is 10.5.